The summed E-state index contributed by atoms with van der Waals surface area (Å²) >= 11 is 0. The molecule has 7 heteroatoms. The van der Waals surface area contributed by atoms with Crippen LogP contribution in [0.15, 0.2) is 83.0 Å². The van der Waals surface area contributed by atoms with E-state index in [2.05, 4.69) is 87.4 Å². The molecule has 0 N–H and O–H groups in total. The molecule has 3 aromatic carbocycles. The Morgan fingerprint density at radius 2 is 1.06 bits per heavy atom. The molecule has 0 spiro atoms. The Hall–Kier alpha value is -3.51. The molecule has 0 atom stereocenters. The standard InChI is InChI=1S/C27H32N6.ClH/c1-6-27-32(28-19-21-11-15-23(16-12-21)30(2)3)25-9-7-8-10-26(25)33(27)29-20-22-13-17-24(18-14-22)31(4)5;/h7-20,27H,6H2,1-5H3;1H. The second-order valence-electron chi connectivity index (χ2n) is 8.53. The van der Waals surface area contributed by atoms with E-state index in [1.807, 2.05) is 52.8 Å². The number of rotatable bonds is 7. The van der Waals surface area contributed by atoms with Crippen LogP contribution in [0.25, 0.3) is 0 Å². The molecule has 0 radical (unpaired) electrons. The second-order valence-corrected chi connectivity index (χ2v) is 8.53. The predicted octanol–water partition coefficient (Wildman–Crippen LogP) is 5.67. The van der Waals surface area contributed by atoms with Crippen molar-refractivity contribution in [2.75, 3.05) is 48.0 Å². The molecular weight excluding hydrogens is 444 g/mol. The maximum absolute atomic E-state index is 4.87. The Morgan fingerprint density at radius 1 is 0.676 bits per heavy atom. The lowest BCUT2D eigenvalue weighted by atomic mass is 10.2. The Balaban J connectivity index is 0.00000324. The van der Waals surface area contributed by atoms with Crippen LogP contribution in [0.1, 0.15) is 24.5 Å². The summed E-state index contributed by atoms with van der Waals surface area (Å²) in [6.45, 7) is 2.17. The van der Waals surface area contributed by atoms with Gasteiger partial charge in [0.25, 0.3) is 0 Å². The van der Waals surface area contributed by atoms with E-state index in [9.17, 15) is 0 Å². The smallest absolute Gasteiger partial charge is 0.144 e. The minimum absolute atomic E-state index is 0. The fourth-order valence-corrected chi connectivity index (χ4v) is 3.88. The van der Waals surface area contributed by atoms with Crippen molar-refractivity contribution < 1.29 is 0 Å². The van der Waals surface area contributed by atoms with E-state index in [1.54, 1.807) is 0 Å². The van der Waals surface area contributed by atoms with E-state index in [0.29, 0.717) is 0 Å². The van der Waals surface area contributed by atoms with Crippen molar-refractivity contribution in [2.24, 2.45) is 10.2 Å². The van der Waals surface area contributed by atoms with Gasteiger partial charge >= 0.3 is 0 Å². The Kier molecular flexibility index (Phi) is 8.18. The quantitative estimate of drug-likeness (QED) is 0.412. The van der Waals surface area contributed by atoms with Crippen LogP contribution in [0.2, 0.25) is 0 Å². The van der Waals surface area contributed by atoms with Crippen molar-refractivity contribution in [3.8, 4) is 0 Å². The normalized spacial score (nSPS) is 15.0. The zero-order chi connectivity index (χ0) is 23.4. The number of hydrazone groups is 2. The van der Waals surface area contributed by atoms with E-state index in [1.165, 1.54) is 11.4 Å². The van der Waals surface area contributed by atoms with E-state index >= 15 is 0 Å². The first-order valence-corrected chi connectivity index (χ1v) is 11.3. The largest absolute Gasteiger partial charge is 0.378 e. The number of nitrogens with zero attached hydrogens (tertiary/aromatic N) is 6. The van der Waals surface area contributed by atoms with Crippen molar-refractivity contribution in [3.05, 3.63) is 83.9 Å². The summed E-state index contributed by atoms with van der Waals surface area (Å²) < 4.78 is 0. The Bertz CT molecular complexity index is 1030. The van der Waals surface area contributed by atoms with Crippen LogP contribution < -0.4 is 19.8 Å². The van der Waals surface area contributed by atoms with E-state index in [-0.39, 0.29) is 18.6 Å². The number of hydrogen-bond donors (Lipinski definition) is 0. The third-order valence-electron chi connectivity index (χ3n) is 5.79. The van der Waals surface area contributed by atoms with Gasteiger partial charge in [-0.3, -0.25) is 0 Å². The van der Waals surface area contributed by atoms with Crippen molar-refractivity contribution in [1.82, 2.24) is 0 Å². The van der Waals surface area contributed by atoms with Gasteiger partial charge in [-0.25, -0.2) is 10.0 Å². The molecule has 0 saturated heterocycles. The number of anilines is 4. The molecule has 4 rings (SSSR count). The highest BCUT2D eigenvalue weighted by Gasteiger charge is 2.34. The van der Waals surface area contributed by atoms with Crippen LogP contribution in [0, 0.1) is 0 Å². The van der Waals surface area contributed by atoms with Crippen LogP contribution in [0.3, 0.4) is 0 Å². The fraction of sp³-hybridized carbons (Fsp3) is 0.259. The lowest BCUT2D eigenvalue weighted by molar-refractivity contribution is 0.588. The minimum atomic E-state index is 0. The predicted molar refractivity (Wildman–Crippen MR) is 149 cm³/mol. The van der Waals surface area contributed by atoms with Gasteiger partial charge in [-0.15, -0.1) is 12.4 Å². The zero-order valence-corrected chi connectivity index (χ0v) is 21.3. The van der Waals surface area contributed by atoms with Crippen LogP contribution in [0.5, 0.6) is 0 Å². The summed E-state index contributed by atoms with van der Waals surface area (Å²) in [5.74, 6) is 0. The van der Waals surface area contributed by atoms with Gasteiger partial charge in [0.2, 0.25) is 0 Å². The van der Waals surface area contributed by atoms with Crippen molar-refractivity contribution >= 4 is 47.6 Å². The van der Waals surface area contributed by atoms with Gasteiger partial charge in [0.15, 0.2) is 0 Å². The molecule has 1 aliphatic heterocycles. The SMILES string of the molecule is CCC1N(N=Cc2ccc(N(C)C)cc2)c2ccccc2N1N=Cc1ccc(N(C)C)cc1.Cl. The van der Waals surface area contributed by atoms with E-state index in [4.69, 9.17) is 10.2 Å². The number of para-hydroxylation sites is 2. The van der Waals surface area contributed by atoms with Gasteiger partial charge in [-0.1, -0.05) is 43.3 Å². The van der Waals surface area contributed by atoms with Gasteiger partial charge in [-0.05, 0) is 53.9 Å². The maximum Gasteiger partial charge on any atom is 0.144 e. The molecule has 1 heterocycles. The fourth-order valence-electron chi connectivity index (χ4n) is 3.88. The summed E-state index contributed by atoms with van der Waals surface area (Å²) in [7, 11) is 8.17. The highest BCUT2D eigenvalue weighted by atomic mass is 35.5. The molecule has 178 valence electrons. The highest BCUT2D eigenvalue weighted by molar-refractivity contribution is 5.86. The Morgan fingerprint density at radius 3 is 1.38 bits per heavy atom. The maximum atomic E-state index is 4.87. The molecule has 0 saturated carbocycles. The lowest BCUT2D eigenvalue weighted by Gasteiger charge is -2.25. The summed E-state index contributed by atoms with van der Waals surface area (Å²) in [6.07, 6.45) is 4.73. The Labute approximate surface area is 209 Å². The van der Waals surface area contributed by atoms with E-state index in [0.717, 1.165) is 28.9 Å². The van der Waals surface area contributed by atoms with Crippen molar-refractivity contribution in [3.63, 3.8) is 0 Å². The first-order valence-electron chi connectivity index (χ1n) is 11.3. The minimum Gasteiger partial charge on any atom is -0.378 e. The third-order valence-corrected chi connectivity index (χ3v) is 5.79. The van der Waals surface area contributed by atoms with E-state index < -0.39 is 0 Å². The van der Waals surface area contributed by atoms with Gasteiger partial charge < -0.3 is 9.80 Å². The molecule has 34 heavy (non-hydrogen) atoms. The highest BCUT2D eigenvalue weighted by Crippen LogP contribution is 2.40. The van der Waals surface area contributed by atoms with Crippen LogP contribution >= 0.6 is 12.4 Å². The van der Waals surface area contributed by atoms with Crippen LogP contribution in [-0.2, 0) is 0 Å². The third kappa shape index (κ3) is 5.34. The average molecular weight is 477 g/mol. The molecule has 6 nitrogen and oxygen atoms in total. The molecule has 1 aliphatic rings. The molecule has 0 fully saturated rings. The number of halogens is 1. The molecule has 0 unspecified atom stereocenters. The van der Waals surface area contributed by atoms with Gasteiger partial charge in [0.1, 0.15) is 6.17 Å². The first kappa shape index (κ1) is 25.1. The monoisotopic (exact) mass is 476 g/mol. The molecule has 3 aromatic rings. The summed E-state index contributed by atoms with van der Waals surface area (Å²) in [4.78, 5) is 4.18. The van der Waals surface area contributed by atoms with Gasteiger partial charge in [0, 0.05) is 39.6 Å². The van der Waals surface area contributed by atoms with Gasteiger partial charge in [-0.2, -0.15) is 10.2 Å². The topological polar surface area (TPSA) is 37.7 Å². The van der Waals surface area contributed by atoms with Crippen LogP contribution in [-0.4, -0.2) is 46.8 Å². The molecular formula is C27H33ClN6. The van der Waals surface area contributed by atoms with Crippen LogP contribution in [0.4, 0.5) is 22.7 Å². The number of fused-ring (bicyclic) bond motifs is 1. The number of hydrogen-bond acceptors (Lipinski definition) is 6. The first-order chi connectivity index (χ1) is 16.0. The molecule has 0 bridgehead atoms. The summed E-state index contributed by atoms with van der Waals surface area (Å²) in [5.41, 5.74) is 6.59. The van der Waals surface area contributed by atoms with Crippen molar-refractivity contribution in [1.29, 1.82) is 0 Å². The molecule has 0 amide bonds. The molecule has 0 aromatic heterocycles. The van der Waals surface area contributed by atoms with Crippen molar-refractivity contribution in [2.45, 2.75) is 19.5 Å². The zero-order valence-electron chi connectivity index (χ0n) is 20.5. The summed E-state index contributed by atoms with van der Waals surface area (Å²) in [5, 5.41) is 13.9. The average Bonchev–Trinajstić information content (AvgIpc) is 3.14. The second kappa shape index (κ2) is 11.1. The number of benzene rings is 3. The lowest BCUT2D eigenvalue weighted by Crippen LogP contribution is -2.37. The summed E-state index contributed by atoms with van der Waals surface area (Å²) in [6, 6.07) is 25.1. The van der Waals surface area contributed by atoms with Gasteiger partial charge in [0.05, 0.1) is 23.8 Å². The molecule has 0 aliphatic carbocycles.